The first-order valence-electron chi connectivity index (χ1n) is 28.2. The third kappa shape index (κ3) is 15.1. The number of nitrogens with two attached hydrogens (primary N) is 1. The van der Waals surface area contributed by atoms with Gasteiger partial charge in [-0.3, -0.25) is 42.9 Å². The van der Waals surface area contributed by atoms with Crippen LogP contribution in [0, 0.1) is 18.2 Å². The van der Waals surface area contributed by atoms with E-state index in [2.05, 4.69) is 31.2 Å². The molecular weight excluding hydrogens is 1120 g/mol. The number of ether oxygens (including phenoxy) is 1. The summed E-state index contributed by atoms with van der Waals surface area (Å²) < 4.78 is 33.7. The summed E-state index contributed by atoms with van der Waals surface area (Å²) in [4.78, 5) is 138. The van der Waals surface area contributed by atoms with E-state index >= 15 is 4.39 Å². The van der Waals surface area contributed by atoms with Crippen molar-refractivity contribution in [1.82, 2.24) is 41.0 Å². The van der Waals surface area contributed by atoms with Crippen molar-refractivity contribution in [2.24, 2.45) is 11.1 Å². The minimum absolute atomic E-state index is 0.0180. The molecule has 25 heteroatoms. The van der Waals surface area contributed by atoms with Gasteiger partial charge in [-0.1, -0.05) is 70.0 Å². The van der Waals surface area contributed by atoms with Crippen molar-refractivity contribution in [3.63, 3.8) is 0 Å². The smallest absolute Gasteiger partial charge is 0.396 e. The standard InChI is InChI=1S/C59H73FN9O13PS/c1-32(34-16-18-36(19-17-34)51-33(2)62-31-84-51)63-55(75)46-28-41(70)29-68(46)57(77)52(59(3,4)5)67-49(72)15-9-11-35-10-8-14-47(50(35)60)82-30-39(21-25-48(61)71)64-54(74)45-24-22-40-12-6-7-13-43(56(76)69(40)45)66-53(73)44-27-38-26-37(20-23-42(38)65-44)58(78)83(79,80)81/h8,10,14,16-20,23,26-27,31-32,39-41,43,45-46,52,65,70H,6-7,9,11-13,15,21-22,24-25,28-30H2,1-5H3,(H2,61,71)(H,63,75)(H,64,74)(H,66,73)(H,67,72)(H2,79,80,81)/t32-,39-,40-,41+,43-,45-,46-,52+/m0/s1. The molecule has 10 N–H and O–H groups in total. The molecule has 22 nitrogen and oxygen atoms in total. The van der Waals surface area contributed by atoms with Crippen LogP contribution in [0.1, 0.15) is 142 Å². The van der Waals surface area contributed by atoms with Gasteiger partial charge in [-0.2, -0.15) is 0 Å². The van der Waals surface area contributed by atoms with E-state index in [-0.39, 0.29) is 86.7 Å². The number of hydrogen-bond donors (Lipinski definition) is 9. The van der Waals surface area contributed by atoms with E-state index in [4.69, 9.17) is 10.5 Å². The zero-order valence-electron chi connectivity index (χ0n) is 47.5. The van der Waals surface area contributed by atoms with E-state index in [0.717, 1.165) is 21.7 Å². The van der Waals surface area contributed by atoms with Crippen molar-refractivity contribution in [3.05, 3.63) is 106 Å². The molecule has 0 unspecified atom stereocenters. The number of nitrogens with zero attached hydrogens (tertiary/aromatic N) is 3. The van der Waals surface area contributed by atoms with Gasteiger partial charge in [-0.05, 0) is 111 Å². The number of benzene rings is 3. The first-order chi connectivity index (χ1) is 39.8. The number of likely N-dealkylation sites (tertiary alicyclic amines) is 1. The van der Waals surface area contributed by atoms with Gasteiger partial charge < -0.3 is 61.4 Å². The molecule has 3 aliphatic heterocycles. The third-order valence-corrected chi connectivity index (χ3v) is 17.6. The largest absolute Gasteiger partial charge is 0.488 e. The highest BCUT2D eigenvalue weighted by Crippen LogP contribution is 2.40. The van der Waals surface area contributed by atoms with E-state index in [1.807, 2.05) is 38.1 Å². The Hall–Kier alpha value is -7.37. The lowest BCUT2D eigenvalue weighted by atomic mass is 9.85. The molecular formula is C59H73FN9O13PS. The van der Waals surface area contributed by atoms with Crippen LogP contribution >= 0.6 is 18.9 Å². The number of aryl methyl sites for hydroxylation is 2. The van der Waals surface area contributed by atoms with Crippen molar-refractivity contribution >= 4 is 76.7 Å². The SMILES string of the molecule is Cc1ncsc1-c1ccc([C@H](C)NC(=O)[C@@H]2C[C@@H](O)CN2C(=O)[C@@H](NC(=O)CCCc2cccc(OC[C@H](CCC(N)=O)NC(=O)[C@@H]3CC[C@@H]4CCCC[C@H](NC(=O)c5cc6cc(C(=O)P(=O)(O)O)ccc6[nH]5)C(=O)N43)c2F)C(C)(C)C)cc1. The summed E-state index contributed by atoms with van der Waals surface area (Å²) in [5.41, 5.74) is 8.31. The van der Waals surface area contributed by atoms with Gasteiger partial charge in [-0.25, -0.2) is 9.37 Å². The first kappa shape index (κ1) is 62.7. The maximum atomic E-state index is 16.2. The van der Waals surface area contributed by atoms with E-state index in [1.54, 1.807) is 49.8 Å². The molecule has 3 aromatic carbocycles. The summed E-state index contributed by atoms with van der Waals surface area (Å²) in [6.45, 7) is 8.74. The number of β-amino-alcohol motifs (C(OH)–C–C–N with tert-alkyl or cyclic N) is 1. The quantitative estimate of drug-likeness (QED) is 0.0381. The Kier molecular flexibility index (Phi) is 19.9. The Balaban J connectivity index is 0.851. The summed E-state index contributed by atoms with van der Waals surface area (Å²) in [7, 11) is -5.06. The van der Waals surface area contributed by atoms with Gasteiger partial charge in [-0.15, -0.1) is 11.3 Å². The molecule has 0 saturated carbocycles. The van der Waals surface area contributed by atoms with Gasteiger partial charge in [0, 0.05) is 48.3 Å². The molecule has 3 saturated heterocycles. The number of hydrogen-bond acceptors (Lipinski definition) is 13. The van der Waals surface area contributed by atoms with Gasteiger partial charge in [0.2, 0.25) is 35.4 Å². The number of thiazole rings is 1. The molecule has 3 aliphatic rings. The van der Waals surface area contributed by atoms with Crippen LogP contribution in [-0.4, -0.2) is 137 Å². The molecule has 0 bridgehead atoms. The number of fused-ring (bicyclic) bond motifs is 2. The number of nitrogens with one attached hydrogen (secondary N) is 5. The van der Waals surface area contributed by atoms with Crippen LogP contribution < -0.4 is 31.7 Å². The van der Waals surface area contributed by atoms with Gasteiger partial charge in [0.05, 0.1) is 34.3 Å². The average molecular weight is 1200 g/mol. The Morgan fingerprint density at radius 3 is 2.35 bits per heavy atom. The van der Waals surface area contributed by atoms with Gasteiger partial charge >= 0.3 is 7.60 Å². The minimum atomic E-state index is -5.06. The maximum Gasteiger partial charge on any atom is 0.396 e. The van der Waals surface area contributed by atoms with E-state index in [1.165, 1.54) is 40.1 Å². The molecule has 0 spiro atoms. The third-order valence-electron chi connectivity index (χ3n) is 15.8. The van der Waals surface area contributed by atoms with Crippen molar-refractivity contribution < 1.29 is 66.9 Å². The summed E-state index contributed by atoms with van der Waals surface area (Å²) in [6.07, 6.45) is 2.14. The van der Waals surface area contributed by atoms with Crippen molar-refractivity contribution in [2.75, 3.05) is 13.2 Å². The summed E-state index contributed by atoms with van der Waals surface area (Å²) in [6, 6.07) is 11.9. The van der Waals surface area contributed by atoms with Gasteiger partial charge in [0.25, 0.3) is 11.4 Å². The van der Waals surface area contributed by atoms with Crippen molar-refractivity contribution in [1.29, 1.82) is 0 Å². The van der Waals surface area contributed by atoms with Crippen LogP contribution in [0.5, 0.6) is 5.75 Å². The first-order valence-corrected chi connectivity index (χ1v) is 30.7. The summed E-state index contributed by atoms with van der Waals surface area (Å²) in [5.74, 6) is -4.61. The van der Waals surface area contributed by atoms with E-state index < -0.39 is 108 Å². The number of halogens is 1. The van der Waals surface area contributed by atoms with Crippen LogP contribution in [-0.2, 0) is 39.8 Å². The fraction of sp³-hybridized carbons (Fsp3) is 0.475. The molecule has 5 heterocycles. The summed E-state index contributed by atoms with van der Waals surface area (Å²) in [5, 5.41) is 22.6. The predicted octanol–water partition coefficient (Wildman–Crippen LogP) is 5.61. The Bertz CT molecular complexity index is 3340. The van der Waals surface area contributed by atoms with Crippen LogP contribution in [0.4, 0.5) is 4.39 Å². The molecule has 5 aromatic rings. The van der Waals surface area contributed by atoms with Gasteiger partial charge in [0.1, 0.15) is 36.5 Å². The van der Waals surface area contributed by atoms with E-state index in [9.17, 15) is 57.8 Å². The molecule has 8 rings (SSSR count). The van der Waals surface area contributed by atoms with Crippen LogP contribution in [0.2, 0.25) is 0 Å². The van der Waals surface area contributed by atoms with Crippen LogP contribution in [0.25, 0.3) is 21.3 Å². The number of aliphatic hydroxyl groups excluding tert-OH is 1. The molecule has 3 fully saturated rings. The lowest BCUT2D eigenvalue weighted by Crippen LogP contribution is -2.57. The minimum Gasteiger partial charge on any atom is -0.488 e. The topological polar surface area (TPSA) is 333 Å². The van der Waals surface area contributed by atoms with Crippen molar-refractivity contribution in [3.8, 4) is 16.2 Å². The molecule has 84 heavy (non-hydrogen) atoms. The highest BCUT2D eigenvalue weighted by atomic mass is 32.1. The molecule has 2 aromatic heterocycles. The fourth-order valence-corrected chi connectivity index (χ4v) is 12.6. The number of rotatable bonds is 22. The lowest BCUT2D eigenvalue weighted by molar-refractivity contribution is -0.144. The molecule has 7 amide bonds. The molecule has 0 aliphatic carbocycles. The number of carbonyl (C=O) groups is 8. The highest BCUT2D eigenvalue weighted by molar-refractivity contribution is 7.70. The number of primary amides is 1. The molecule has 8 atom stereocenters. The normalized spacial score (nSPS) is 20.2. The summed E-state index contributed by atoms with van der Waals surface area (Å²) >= 11 is 1.54. The number of carbonyl (C=O) groups excluding carboxylic acids is 8. The maximum absolute atomic E-state index is 16.2. The second-order valence-electron chi connectivity index (χ2n) is 23.1. The van der Waals surface area contributed by atoms with E-state index in [0.29, 0.717) is 43.0 Å². The van der Waals surface area contributed by atoms with Crippen LogP contribution in [0.15, 0.2) is 72.2 Å². The fourth-order valence-electron chi connectivity index (χ4n) is 11.3. The lowest BCUT2D eigenvalue weighted by Gasteiger charge is -2.35. The highest BCUT2D eigenvalue weighted by Gasteiger charge is 2.46. The second kappa shape index (κ2) is 26.7. The average Bonchev–Trinajstić information content (AvgIpc) is 3.34. The van der Waals surface area contributed by atoms with Crippen LogP contribution in [0.3, 0.4) is 0 Å². The van der Waals surface area contributed by atoms with Gasteiger partial charge in [0.15, 0.2) is 11.6 Å². The molecule has 0 radical (unpaired) electrons. The predicted molar refractivity (Wildman–Crippen MR) is 310 cm³/mol. The monoisotopic (exact) mass is 1200 g/mol. The number of aromatic amines is 1. The number of aromatic nitrogens is 2. The number of H-pyrrole nitrogens is 1. The Labute approximate surface area is 489 Å². The second-order valence-corrected chi connectivity index (χ2v) is 25.5. The number of amides is 7. The van der Waals surface area contributed by atoms with Crippen molar-refractivity contribution in [2.45, 2.75) is 160 Å². The Morgan fingerprint density at radius 1 is 0.929 bits per heavy atom. The zero-order valence-corrected chi connectivity index (χ0v) is 49.2. The number of aliphatic hydroxyl groups is 1. The zero-order chi connectivity index (χ0) is 60.8. The Morgan fingerprint density at radius 2 is 1.65 bits per heavy atom. The molecule has 450 valence electrons.